The minimum Gasteiger partial charge on any atom is -0.317 e. The lowest BCUT2D eigenvalue weighted by Gasteiger charge is -2.33. The van der Waals surface area contributed by atoms with Crippen molar-refractivity contribution in [3.05, 3.63) is 65.7 Å². The molecule has 0 radical (unpaired) electrons. The van der Waals surface area contributed by atoms with Crippen molar-refractivity contribution in [2.75, 3.05) is 10.6 Å². The average molecular weight is 354 g/mol. The number of fused-ring (bicyclic) bond motifs is 2. The molecule has 120 valence electrons. The minimum atomic E-state index is -0.536. The molecule has 0 aromatic heterocycles. The van der Waals surface area contributed by atoms with Crippen molar-refractivity contribution >= 4 is 50.3 Å². The quantitative estimate of drug-likeness (QED) is 0.710. The summed E-state index contributed by atoms with van der Waals surface area (Å²) in [5.74, 6) is 0. The van der Waals surface area contributed by atoms with E-state index in [2.05, 4.69) is 10.6 Å². The van der Waals surface area contributed by atoms with Crippen LogP contribution in [0.2, 0.25) is 0 Å². The second-order valence-electron chi connectivity index (χ2n) is 5.74. The van der Waals surface area contributed by atoms with Crippen LogP contribution in [0.3, 0.4) is 0 Å². The second kappa shape index (κ2) is 5.72. The summed E-state index contributed by atoms with van der Waals surface area (Å²) in [6.07, 6.45) is 2.03. The molecule has 2 aromatic rings. The zero-order valence-corrected chi connectivity index (χ0v) is 14.5. The summed E-state index contributed by atoms with van der Waals surface area (Å²) in [4.78, 5) is 25.0. The predicted molar refractivity (Wildman–Crippen MR) is 101 cm³/mol. The van der Waals surface area contributed by atoms with E-state index in [9.17, 15) is 9.59 Å². The lowest BCUT2D eigenvalue weighted by Crippen LogP contribution is -2.27. The molecule has 0 saturated carbocycles. The number of para-hydroxylation sites is 2. The molecule has 24 heavy (non-hydrogen) atoms. The largest absolute Gasteiger partial charge is 0.317 e. The summed E-state index contributed by atoms with van der Waals surface area (Å²) in [5, 5.41) is 5.55. The van der Waals surface area contributed by atoms with Crippen molar-refractivity contribution in [3.63, 3.8) is 0 Å². The van der Waals surface area contributed by atoms with E-state index in [0.29, 0.717) is 0 Å². The van der Waals surface area contributed by atoms with Crippen LogP contribution in [0.15, 0.2) is 54.6 Å². The highest BCUT2D eigenvalue weighted by Gasteiger charge is 2.36. The summed E-state index contributed by atoms with van der Waals surface area (Å²) in [5.41, 5.74) is 3.63. The Kier molecular flexibility index (Phi) is 3.66. The van der Waals surface area contributed by atoms with Crippen LogP contribution in [0, 0.1) is 0 Å². The van der Waals surface area contributed by atoms with E-state index in [1.54, 1.807) is 0 Å². The Labute approximate surface area is 148 Å². The van der Waals surface area contributed by atoms with Gasteiger partial charge in [-0.3, -0.25) is 9.59 Å². The summed E-state index contributed by atoms with van der Waals surface area (Å²) in [7, 11) is 0. The normalized spacial score (nSPS) is 24.0. The summed E-state index contributed by atoms with van der Waals surface area (Å²) in [6, 6.07) is 15.5. The van der Waals surface area contributed by atoms with Gasteiger partial charge in [0, 0.05) is 21.8 Å². The molecule has 2 aromatic carbocycles. The molecule has 2 aliphatic heterocycles. The molecule has 2 amide bonds. The van der Waals surface area contributed by atoms with Crippen LogP contribution in [0.4, 0.5) is 21.0 Å². The van der Waals surface area contributed by atoms with Gasteiger partial charge < -0.3 is 10.6 Å². The van der Waals surface area contributed by atoms with Gasteiger partial charge in [0.2, 0.25) is 0 Å². The average Bonchev–Trinajstić information content (AvgIpc) is 2.54. The van der Waals surface area contributed by atoms with Crippen LogP contribution < -0.4 is 10.6 Å². The molecular formula is C18H14N2O2S2. The second-order valence-corrected chi connectivity index (χ2v) is 8.17. The molecule has 6 heteroatoms. The topological polar surface area (TPSA) is 58.2 Å². The molecule has 2 aliphatic rings. The van der Waals surface area contributed by atoms with Crippen LogP contribution in [-0.4, -0.2) is 10.5 Å². The van der Waals surface area contributed by atoms with Crippen molar-refractivity contribution < 1.29 is 9.59 Å². The molecule has 0 bridgehead atoms. The number of hydrogen-bond donors (Lipinski definition) is 2. The Morgan fingerprint density at radius 1 is 0.917 bits per heavy atom. The highest BCUT2D eigenvalue weighted by Crippen LogP contribution is 2.49. The Bertz CT molecular complexity index is 894. The van der Waals surface area contributed by atoms with Crippen molar-refractivity contribution in [1.29, 1.82) is 0 Å². The smallest absolute Gasteiger partial charge is 0.288 e. The van der Waals surface area contributed by atoms with Gasteiger partial charge in [0.25, 0.3) is 10.5 Å². The number of nitrogens with one attached hydrogen (secondary N) is 2. The molecular weight excluding hydrogens is 340 g/mol. The van der Waals surface area contributed by atoms with E-state index in [1.807, 2.05) is 61.5 Å². The van der Waals surface area contributed by atoms with Gasteiger partial charge in [0.15, 0.2) is 0 Å². The van der Waals surface area contributed by atoms with Gasteiger partial charge in [0.05, 0.1) is 4.75 Å². The molecule has 4 rings (SSSR count). The van der Waals surface area contributed by atoms with Gasteiger partial charge in [-0.1, -0.05) is 36.4 Å². The summed E-state index contributed by atoms with van der Waals surface area (Å²) in [6.45, 7) is 2.01. The molecule has 4 nitrogen and oxygen atoms in total. The van der Waals surface area contributed by atoms with E-state index in [4.69, 9.17) is 0 Å². The number of anilines is 2. The monoisotopic (exact) mass is 354 g/mol. The first-order chi connectivity index (χ1) is 11.5. The number of carbonyl (C=O) groups excluding carboxylic acids is 2. The number of amides is 2. The van der Waals surface area contributed by atoms with Crippen molar-refractivity contribution in [1.82, 2.24) is 0 Å². The number of benzene rings is 2. The van der Waals surface area contributed by atoms with Gasteiger partial charge in [-0.2, -0.15) is 0 Å². The molecule has 1 unspecified atom stereocenters. The van der Waals surface area contributed by atoms with Crippen LogP contribution in [0.25, 0.3) is 4.91 Å². The molecule has 0 saturated heterocycles. The number of carbonyl (C=O) groups is 2. The molecule has 2 heterocycles. The Morgan fingerprint density at radius 2 is 1.58 bits per heavy atom. The van der Waals surface area contributed by atoms with E-state index in [0.717, 1.165) is 39.2 Å². The number of hydrogen-bond acceptors (Lipinski definition) is 4. The van der Waals surface area contributed by atoms with Crippen LogP contribution >= 0.6 is 23.5 Å². The molecule has 1 atom stereocenters. The maximum Gasteiger partial charge on any atom is 0.288 e. The lowest BCUT2D eigenvalue weighted by atomic mass is 9.96. The Balaban J connectivity index is 1.86. The van der Waals surface area contributed by atoms with E-state index < -0.39 is 4.75 Å². The fourth-order valence-electron chi connectivity index (χ4n) is 2.97. The van der Waals surface area contributed by atoms with Crippen molar-refractivity contribution in [3.8, 4) is 0 Å². The predicted octanol–water partition coefficient (Wildman–Crippen LogP) is 5.50. The van der Waals surface area contributed by atoms with Crippen molar-refractivity contribution in [2.45, 2.75) is 11.7 Å². The van der Waals surface area contributed by atoms with Gasteiger partial charge in [0.1, 0.15) is 0 Å². The summed E-state index contributed by atoms with van der Waals surface area (Å²) < 4.78 is -0.536. The highest BCUT2D eigenvalue weighted by atomic mass is 32.2. The van der Waals surface area contributed by atoms with Gasteiger partial charge in [-0.15, -0.1) is 0 Å². The third-order valence-corrected chi connectivity index (χ3v) is 5.94. The third kappa shape index (κ3) is 2.61. The Morgan fingerprint density at radius 3 is 2.42 bits per heavy atom. The fourth-order valence-corrected chi connectivity index (χ4v) is 5.00. The first-order valence-electron chi connectivity index (χ1n) is 7.46. The molecule has 0 spiro atoms. The zero-order valence-electron chi connectivity index (χ0n) is 12.8. The van der Waals surface area contributed by atoms with E-state index in [-0.39, 0.29) is 10.5 Å². The lowest BCUT2D eigenvalue weighted by molar-refractivity contribution is 0.269. The van der Waals surface area contributed by atoms with Crippen LogP contribution in [0.5, 0.6) is 0 Å². The van der Waals surface area contributed by atoms with Crippen molar-refractivity contribution in [2.24, 2.45) is 0 Å². The number of thioether (sulfide) groups is 2. The van der Waals surface area contributed by atoms with Gasteiger partial charge >= 0.3 is 0 Å². The standard InChI is InChI=1S/C18H14N2O2S2/c1-18(12-7-3-5-9-14(12)20-17(22)24-18)10-15-11-6-2-4-8-13(11)19-16(21)23-15/h2-10H,1H3,(H,19,21)(H,20,22)/b15-10-. The number of rotatable bonds is 1. The van der Waals surface area contributed by atoms with E-state index in [1.165, 1.54) is 11.8 Å². The minimum absolute atomic E-state index is 0.0911. The SMILES string of the molecule is CC1(/C=C2\SC(=O)Nc3ccccc32)SC(=O)Nc2ccccc21. The maximum atomic E-state index is 12.1. The maximum absolute atomic E-state index is 12.1. The van der Waals surface area contributed by atoms with Crippen LogP contribution in [0.1, 0.15) is 18.1 Å². The Hall–Kier alpha value is -2.18. The van der Waals surface area contributed by atoms with Crippen LogP contribution in [-0.2, 0) is 4.75 Å². The molecule has 0 fully saturated rings. The summed E-state index contributed by atoms with van der Waals surface area (Å²) >= 11 is 2.39. The molecule has 2 N–H and O–H groups in total. The molecule has 0 aliphatic carbocycles. The fraction of sp³-hybridized carbons (Fsp3) is 0.111. The van der Waals surface area contributed by atoms with E-state index >= 15 is 0 Å². The first-order valence-corrected chi connectivity index (χ1v) is 9.09. The van der Waals surface area contributed by atoms with Gasteiger partial charge in [-0.25, -0.2) is 0 Å². The third-order valence-electron chi connectivity index (χ3n) is 4.04. The van der Waals surface area contributed by atoms with Gasteiger partial charge in [-0.05, 0) is 54.2 Å². The highest BCUT2D eigenvalue weighted by molar-refractivity contribution is 8.22. The zero-order chi connectivity index (χ0) is 16.7. The first kappa shape index (κ1) is 15.4.